The highest BCUT2D eigenvalue weighted by atomic mass is 16.2. The Hall–Kier alpha value is -2.76. The summed E-state index contributed by atoms with van der Waals surface area (Å²) < 4.78 is 0. The molecule has 6 nitrogen and oxygen atoms in total. The lowest BCUT2D eigenvalue weighted by molar-refractivity contribution is -0.131. The summed E-state index contributed by atoms with van der Waals surface area (Å²) in [4.78, 5) is 34.6. The summed E-state index contributed by atoms with van der Waals surface area (Å²) in [6, 6.07) is 9.59. The molecule has 0 radical (unpaired) electrons. The Labute approximate surface area is 147 Å². The van der Waals surface area contributed by atoms with Crippen LogP contribution in [0.5, 0.6) is 0 Å². The number of rotatable bonds is 5. The molecule has 3 rings (SSSR count). The minimum Gasteiger partial charge on any atom is -0.351 e. The van der Waals surface area contributed by atoms with Crippen molar-refractivity contribution in [3.8, 4) is 11.4 Å². The molecule has 0 spiro atoms. The van der Waals surface area contributed by atoms with E-state index in [0.29, 0.717) is 24.4 Å². The number of carbonyl (C=O) groups is 2. The van der Waals surface area contributed by atoms with E-state index < -0.39 is 0 Å². The highest BCUT2D eigenvalue weighted by molar-refractivity contribution is 5.94. The molecule has 25 heavy (non-hydrogen) atoms. The van der Waals surface area contributed by atoms with E-state index >= 15 is 0 Å². The zero-order valence-electron chi connectivity index (χ0n) is 14.1. The second-order valence-corrected chi connectivity index (χ2v) is 6.11. The lowest BCUT2D eigenvalue weighted by Crippen LogP contribution is -2.37. The largest absolute Gasteiger partial charge is 0.351 e. The van der Waals surface area contributed by atoms with Gasteiger partial charge in [0.2, 0.25) is 5.91 Å². The molecule has 0 bridgehead atoms. The van der Waals surface area contributed by atoms with Crippen LogP contribution in [0.2, 0.25) is 0 Å². The van der Waals surface area contributed by atoms with Crippen LogP contribution in [-0.2, 0) is 4.79 Å². The predicted molar refractivity (Wildman–Crippen MR) is 94.8 cm³/mol. The maximum absolute atomic E-state index is 12.1. The van der Waals surface area contributed by atoms with Crippen LogP contribution in [0.1, 0.15) is 36.0 Å². The van der Waals surface area contributed by atoms with Gasteiger partial charge in [-0.15, -0.1) is 0 Å². The quantitative estimate of drug-likeness (QED) is 0.907. The van der Waals surface area contributed by atoms with E-state index in [1.54, 1.807) is 0 Å². The van der Waals surface area contributed by atoms with E-state index in [-0.39, 0.29) is 11.8 Å². The molecule has 0 aliphatic carbocycles. The van der Waals surface area contributed by atoms with Gasteiger partial charge in [-0.1, -0.05) is 30.3 Å². The standard InChI is InChI=1S/C19H22N4O2/c24-17(23-11-5-2-6-12-23)9-10-20-19(25)16-13-21-18(22-14-16)15-7-3-1-4-8-15/h1,3-4,7-8,13-14H,2,5-6,9-12H2,(H,20,25). The van der Waals surface area contributed by atoms with Gasteiger partial charge in [0, 0.05) is 44.0 Å². The Morgan fingerprint density at radius 2 is 1.68 bits per heavy atom. The number of amides is 2. The molecule has 1 N–H and O–H groups in total. The van der Waals surface area contributed by atoms with Crippen molar-refractivity contribution in [2.45, 2.75) is 25.7 Å². The van der Waals surface area contributed by atoms with Crippen LogP contribution in [0.25, 0.3) is 11.4 Å². The van der Waals surface area contributed by atoms with Gasteiger partial charge in [-0.05, 0) is 19.3 Å². The van der Waals surface area contributed by atoms with Crippen molar-refractivity contribution in [2.24, 2.45) is 0 Å². The fourth-order valence-electron chi connectivity index (χ4n) is 2.87. The number of nitrogens with one attached hydrogen (secondary N) is 1. The summed E-state index contributed by atoms with van der Waals surface area (Å²) in [5.74, 6) is 0.430. The molecule has 2 heterocycles. The van der Waals surface area contributed by atoms with Crippen molar-refractivity contribution in [3.63, 3.8) is 0 Å². The smallest absolute Gasteiger partial charge is 0.254 e. The molecule has 1 aliphatic rings. The van der Waals surface area contributed by atoms with Gasteiger partial charge in [-0.25, -0.2) is 9.97 Å². The number of hydrogen-bond acceptors (Lipinski definition) is 4. The summed E-state index contributed by atoms with van der Waals surface area (Å²) in [5.41, 5.74) is 1.30. The maximum Gasteiger partial charge on any atom is 0.254 e. The van der Waals surface area contributed by atoms with E-state index in [0.717, 1.165) is 31.5 Å². The minimum absolute atomic E-state index is 0.107. The highest BCUT2D eigenvalue weighted by Gasteiger charge is 2.16. The number of likely N-dealkylation sites (tertiary alicyclic amines) is 1. The molecule has 2 aromatic rings. The molecule has 1 aromatic heterocycles. The highest BCUT2D eigenvalue weighted by Crippen LogP contribution is 2.13. The lowest BCUT2D eigenvalue weighted by Gasteiger charge is -2.26. The van der Waals surface area contributed by atoms with Gasteiger partial charge in [0.1, 0.15) is 0 Å². The zero-order chi connectivity index (χ0) is 17.5. The van der Waals surface area contributed by atoms with Crippen LogP contribution in [-0.4, -0.2) is 46.3 Å². The van der Waals surface area contributed by atoms with Crippen molar-refractivity contribution in [3.05, 3.63) is 48.3 Å². The summed E-state index contributed by atoms with van der Waals surface area (Å²) in [7, 11) is 0. The molecular weight excluding hydrogens is 316 g/mol. The van der Waals surface area contributed by atoms with Crippen LogP contribution in [0, 0.1) is 0 Å². The van der Waals surface area contributed by atoms with E-state index in [4.69, 9.17) is 0 Å². The van der Waals surface area contributed by atoms with Gasteiger partial charge in [-0.3, -0.25) is 9.59 Å². The first-order chi connectivity index (χ1) is 12.2. The van der Waals surface area contributed by atoms with Crippen LogP contribution in [0.3, 0.4) is 0 Å². The van der Waals surface area contributed by atoms with E-state index in [1.807, 2.05) is 35.2 Å². The molecule has 1 aliphatic heterocycles. The zero-order valence-corrected chi connectivity index (χ0v) is 14.1. The van der Waals surface area contributed by atoms with Crippen molar-refractivity contribution >= 4 is 11.8 Å². The molecule has 0 unspecified atom stereocenters. The first-order valence-corrected chi connectivity index (χ1v) is 8.67. The number of nitrogens with zero attached hydrogens (tertiary/aromatic N) is 3. The number of benzene rings is 1. The number of hydrogen-bond donors (Lipinski definition) is 1. The van der Waals surface area contributed by atoms with Crippen molar-refractivity contribution in [1.29, 1.82) is 0 Å². The molecular formula is C19H22N4O2. The Balaban J connectivity index is 1.49. The molecule has 2 amide bonds. The summed E-state index contributed by atoms with van der Waals surface area (Å²) in [6.07, 6.45) is 6.69. The minimum atomic E-state index is -0.258. The fraction of sp³-hybridized carbons (Fsp3) is 0.368. The Morgan fingerprint density at radius 1 is 1.00 bits per heavy atom. The molecule has 0 saturated carbocycles. The molecule has 1 aromatic carbocycles. The van der Waals surface area contributed by atoms with Gasteiger partial charge in [0.15, 0.2) is 5.82 Å². The third-order valence-electron chi connectivity index (χ3n) is 4.28. The maximum atomic E-state index is 12.1. The van der Waals surface area contributed by atoms with Crippen LogP contribution in [0.4, 0.5) is 0 Å². The van der Waals surface area contributed by atoms with E-state index in [2.05, 4.69) is 15.3 Å². The number of carbonyl (C=O) groups excluding carboxylic acids is 2. The molecule has 0 atom stereocenters. The normalized spacial score (nSPS) is 14.2. The first-order valence-electron chi connectivity index (χ1n) is 8.67. The first kappa shape index (κ1) is 17.1. The third-order valence-corrected chi connectivity index (χ3v) is 4.28. The average molecular weight is 338 g/mol. The Kier molecular flexibility index (Phi) is 5.72. The lowest BCUT2D eigenvalue weighted by atomic mass is 10.1. The topological polar surface area (TPSA) is 75.2 Å². The predicted octanol–water partition coefficient (Wildman–Crippen LogP) is 2.28. The van der Waals surface area contributed by atoms with Crippen LogP contribution >= 0.6 is 0 Å². The van der Waals surface area contributed by atoms with Crippen molar-refractivity contribution < 1.29 is 9.59 Å². The van der Waals surface area contributed by atoms with Gasteiger partial charge >= 0.3 is 0 Å². The van der Waals surface area contributed by atoms with Crippen molar-refractivity contribution in [2.75, 3.05) is 19.6 Å². The monoisotopic (exact) mass is 338 g/mol. The summed E-state index contributed by atoms with van der Waals surface area (Å²) in [6.45, 7) is 2.00. The second-order valence-electron chi connectivity index (χ2n) is 6.11. The van der Waals surface area contributed by atoms with Crippen molar-refractivity contribution in [1.82, 2.24) is 20.2 Å². The number of piperidine rings is 1. The van der Waals surface area contributed by atoms with Gasteiger partial charge < -0.3 is 10.2 Å². The molecule has 130 valence electrons. The summed E-state index contributed by atoms with van der Waals surface area (Å²) >= 11 is 0. The second kappa shape index (κ2) is 8.37. The fourth-order valence-corrected chi connectivity index (χ4v) is 2.87. The van der Waals surface area contributed by atoms with E-state index in [9.17, 15) is 9.59 Å². The SMILES string of the molecule is O=C(NCCC(=O)N1CCCCC1)c1cnc(-c2ccccc2)nc1. The van der Waals surface area contributed by atoms with Crippen LogP contribution < -0.4 is 5.32 Å². The molecule has 6 heteroatoms. The van der Waals surface area contributed by atoms with Crippen LogP contribution in [0.15, 0.2) is 42.7 Å². The molecule has 1 fully saturated rings. The van der Waals surface area contributed by atoms with Gasteiger partial charge in [0.25, 0.3) is 5.91 Å². The van der Waals surface area contributed by atoms with Gasteiger partial charge in [0.05, 0.1) is 5.56 Å². The van der Waals surface area contributed by atoms with Gasteiger partial charge in [-0.2, -0.15) is 0 Å². The summed E-state index contributed by atoms with van der Waals surface area (Å²) in [5, 5.41) is 2.76. The number of aromatic nitrogens is 2. The third kappa shape index (κ3) is 4.62. The van der Waals surface area contributed by atoms with E-state index in [1.165, 1.54) is 18.8 Å². The average Bonchev–Trinajstić information content (AvgIpc) is 2.69. The Morgan fingerprint density at radius 3 is 2.36 bits per heavy atom. The molecule has 1 saturated heterocycles. The Bertz CT molecular complexity index is 710.